The number of morpholine rings is 1. The van der Waals surface area contributed by atoms with E-state index < -0.39 is 0 Å². The minimum atomic E-state index is -0.325. The van der Waals surface area contributed by atoms with Crippen LogP contribution in [0.3, 0.4) is 0 Å². The van der Waals surface area contributed by atoms with Gasteiger partial charge in [0.15, 0.2) is 0 Å². The van der Waals surface area contributed by atoms with E-state index in [1.807, 2.05) is 17.7 Å². The Morgan fingerprint density at radius 1 is 1.50 bits per heavy atom. The van der Waals surface area contributed by atoms with Crippen molar-refractivity contribution in [1.82, 2.24) is 14.7 Å². The van der Waals surface area contributed by atoms with E-state index in [2.05, 4.69) is 24.3 Å². The summed E-state index contributed by atoms with van der Waals surface area (Å²) in [5.41, 5.74) is 2.38. The lowest BCUT2D eigenvalue weighted by Gasteiger charge is -2.33. The van der Waals surface area contributed by atoms with E-state index >= 15 is 0 Å². The van der Waals surface area contributed by atoms with Crippen molar-refractivity contribution in [1.29, 1.82) is 0 Å². The monoisotopic (exact) mass is 360 g/mol. The Bertz CT molecular complexity index is 777. The maximum Gasteiger partial charge on any atom is 0.322 e. The topological polar surface area (TPSA) is 59.4 Å². The van der Waals surface area contributed by atoms with Gasteiger partial charge in [0.25, 0.3) is 0 Å². The SMILES string of the molecule is CCC(C)n1ncc(NC(=O)N2CCOC(c3cccc(F)c3)C2)c1C. The van der Waals surface area contributed by atoms with E-state index in [1.54, 1.807) is 17.2 Å². The van der Waals surface area contributed by atoms with E-state index in [0.29, 0.717) is 25.4 Å². The van der Waals surface area contributed by atoms with Gasteiger partial charge in [-0.3, -0.25) is 4.68 Å². The largest absolute Gasteiger partial charge is 0.370 e. The van der Waals surface area contributed by atoms with Gasteiger partial charge in [-0.05, 0) is 38.0 Å². The molecule has 0 radical (unpaired) electrons. The smallest absolute Gasteiger partial charge is 0.322 e. The highest BCUT2D eigenvalue weighted by Gasteiger charge is 2.26. The zero-order valence-corrected chi connectivity index (χ0v) is 15.4. The molecule has 1 aromatic carbocycles. The van der Waals surface area contributed by atoms with Crippen LogP contribution in [0, 0.1) is 12.7 Å². The molecule has 2 atom stereocenters. The fourth-order valence-corrected chi connectivity index (χ4v) is 3.10. The lowest BCUT2D eigenvalue weighted by molar-refractivity contribution is -0.0136. The summed E-state index contributed by atoms with van der Waals surface area (Å²) in [6, 6.07) is 6.40. The predicted molar refractivity (Wildman–Crippen MR) is 97.7 cm³/mol. The number of benzene rings is 1. The summed E-state index contributed by atoms with van der Waals surface area (Å²) < 4.78 is 21.1. The highest BCUT2D eigenvalue weighted by molar-refractivity contribution is 5.89. The van der Waals surface area contributed by atoms with Gasteiger partial charge < -0.3 is 15.0 Å². The molecule has 2 amide bonds. The van der Waals surface area contributed by atoms with Crippen molar-refractivity contribution in [2.24, 2.45) is 0 Å². The van der Waals surface area contributed by atoms with Crippen LogP contribution in [0.1, 0.15) is 43.7 Å². The van der Waals surface area contributed by atoms with Crippen LogP contribution in [0.4, 0.5) is 14.9 Å². The molecule has 1 aliphatic heterocycles. The molecule has 1 saturated heterocycles. The molecule has 0 bridgehead atoms. The summed E-state index contributed by atoms with van der Waals surface area (Å²) in [6.07, 6.45) is 2.33. The van der Waals surface area contributed by atoms with E-state index in [0.717, 1.165) is 17.7 Å². The van der Waals surface area contributed by atoms with Gasteiger partial charge in [0.1, 0.15) is 11.9 Å². The number of ether oxygens (including phenoxy) is 1. The van der Waals surface area contributed by atoms with Crippen molar-refractivity contribution in [2.45, 2.75) is 39.3 Å². The Morgan fingerprint density at radius 2 is 2.31 bits per heavy atom. The number of rotatable bonds is 4. The number of urea groups is 1. The van der Waals surface area contributed by atoms with Crippen LogP contribution in [0.5, 0.6) is 0 Å². The molecular formula is C19H25FN4O2. The van der Waals surface area contributed by atoms with Crippen molar-refractivity contribution < 1.29 is 13.9 Å². The van der Waals surface area contributed by atoms with Crippen molar-refractivity contribution in [3.05, 3.63) is 47.5 Å². The quantitative estimate of drug-likeness (QED) is 0.899. The van der Waals surface area contributed by atoms with Gasteiger partial charge in [0.05, 0.1) is 30.7 Å². The molecule has 2 aromatic rings. The Balaban J connectivity index is 1.67. The molecule has 140 valence electrons. The van der Waals surface area contributed by atoms with Gasteiger partial charge in [0.2, 0.25) is 0 Å². The highest BCUT2D eigenvalue weighted by Crippen LogP contribution is 2.24. The normalized spacial score (nSPS) is 18.6. The van der Waals surface area contributed by atoms with Crippen molar-refractivity contribution in [3.63, 3.8) is 0 Å². The van der Waals surface area contributed by atoms with Gasteiger partial charge in [-0.2, -0.15) is 5.10 Å². The molecule has 6 nitrogen and oxygen atoms in total. The summed E-state index contributed by atoms with van der Waals surface area (Å²) in [5, 5.41) is 7.31. The summed E-state index contributed by atoms with van der Waals surface area (Å²) in [7, 11) is 0. The van der Waals surface area contributed by atoms with Crippen LogP contribution < -0.4 is 5.32 Å². The molecule has 0 aliphatic carbocycles. The fourth-order valence-electron chi connectivity index (χ4n) is 3.10. The molecule has 0 saturated carbocycles. The second-order valence-corrected chi connectivity index (χ2v) is 6.64. The second kappa shape index (κ2) is 7.86. The summed E-state index contributed by atoms with van der Waals surface area (Å²) in [6.45, 7) is 7.44. The average Bonchev–Trinajstić information content (AvgIpc) is 3.01. The van der Waals surface area contributed by atoms with Gasteiger partial charge in [-0.1, -0.05) is 19.1 Å². The Labute approximate surface area is 152 Å². The Kier molecular flexibility index (Phi) is 5.56. The third-order valence-electron chi connectivity index (χ3n) is 4.87. The maximum absolute atomic E-state index is 13.4. The standard InChI is InChI=1S/C19H25FN4O2/c1-4-13(2)24-14(3)17(11-21-24)22-19(25)23-8-9-26-18(12-23)15-6-5-7-16(20)10-15/h5-7,10-11,13,18H,4,8-9,12H2,1-3H3,(H,22,25). The molecule has 7 heteroatoms. The number of carbonyl (C=O) groups is 1. The van der Waals surface area contributed by atoms with Crippen LogP contribution in [0.25, 0.3) is 0 Å². The third-order valence-corrected chi connectivity index (χ3v) is 4.87. The number of anilines is 1. The molecular weight excluding hydrogens is 335 g/mol. The number of hydrogen-bond donors (Lipinski definition) is 1. The first kappa shape index (κ1) is 18.4. The summed E-state index contributed by atoms with van der Waals surface area (Å²) in [5.74, 6) is -0.305. The molecule has 1 fully saturated rings. The lowest BCUT2D eigenvalue weighted by Crippen LogP contribution is -2.44. The molecule has 2 unspecified atom stereocenters. The fraction of sp³-hybridized carbons (Fsp3) is 0.474. The minimum Gasteiger partial charge on any atom is -0.370 e. The van der Waals surface area contributed by atoms with E-state index in [1.165, 1.54) is 12.1 Å². The van der Waals surface area contributed by atoms with Crippen molar-refractivity contribution in [2.75, 3.05) is 25.0 Å². The highest BCUT2D eigenvalue weighted by atomic mass is 19.1. The minimum absolute atomic E-state index is 0.193. The first-order valence-corrected chi connectivity index (χ1v) is 8.96. The van der Waals surface area contributed by atoms with Gasteiger partial charge in [0, 0.05) is 12.6 Å². The van der Waals surface area contributed by atoms with E-state index in [-0.39, 0.29) is 24.0 Å². The molecule has 3 rings (SSSR count). The first-order chi connectivity index (χ1) is 12.5. The average molecular weight is 360 g/mol. The number of carbonyl (C=O) groups excluding carboxylic acids is 1. The lowest BCUT2D eigenvalue weighted by atomic mass is 10.1. The maximum atomic E-state index is 13.4. The van der Waals surface area contributed by atoms with E-state index in [9.17, 15) is 9.18 Å². The van der Waals surface area contributed by atoms with Crippen molar-refractivity contribution >= 4 is 11.7 Å². The molecule has 0 spiro atoms. The van der Waals surface area contributed by atoms with Crippen LogP contribution in [-0.2, 0) is 4.74 Å². The molecule has 26 heavy (non-hydrogen) atoms. The summed E-state index contributed by atoms with van der Waals surface area (Å²) in [4.78, 5) is 14.4. The first-order valence-electron chi connectivity index (χ1n) is 8.96. The van der Waals surface area contributed by atoms with Gasteiger partial charge >= 0.3 is 6.03 Å². The zero-order chi connectivity index (χ0) is 18.7. The molecule has 1 aliphatic rings. The van der Waals surface area contributed by atoms with Gasteiger partial charge in [-0.25, -0.2) is 9.18 Å². The molecule has 1 N–H and O–H groups in total. The number of amides is 2. The second-order valence-electron chi connectivity index (χ2n) is 6.64. The molecule has 1 aromatic heterocycles. The van der Waals surface area contributed by atoms with Crippen LogP contribution >= 0.6 is 0 Å². The number of nitrogens with zero attached hydrogens (tertiary/aromatic N) is 3. The number of hydrogen-bond acceptors (Lipinski definition) is 3. The van der Waals surface area contributed by atoms with Crippen LogP contribution in [-0.4, -0.2) is 40.4 Å². The zero-order valence-electron chi connectivity index (χ0n) is 15.4. The number of nitrogens with one attached hydrogen (secondary N) is 1. The third kappa shape index (κ3) is 3.88. The Hall–Kier alpha value is -2.41. The summed E-state index contributed by atoms with van der Waals surface area (Å²) >= 11 is 0. The predicted octanol–water partition coefficient (Wildman–Crippen LogP) is 3.91. The van der Waals surface area contributed by atoms with Gasteiger partial charge in [-0.15, -0.1) is 0 Å². The Morgan fingerprint density at radius 3 is 3.04 bits per heavy atom. The van der Waals surface area contributed by atoms with Crippen LogP contribution in [0.2, 0.25) is 0 Å². The van der Waals surface area contributed by atoms with Crippen LogP contribution in [0.15, 0.2) is 30.5 Å². The van der Waals surface area contributed by atoms with E-state index in [4.69, 9.17) is 4.74 Å². The number of halogens is 1. The number of aromatic nitrogens is 2. The van der Waals surface area contributed by atoms with Crippen molar-refractivity contribution in [3.8, 4) is 0 Å². The molecule has 2 heterocycles.